The Morgan fingerprint density at radius 3 is 2.54 bits per heavy atom. The molecule has 0 unspecified atom stereocenters. The van der Waals surface area contributed by atoms with Crippen molar-refractivity contribution in [3.63, 3.8) is 0 Å². The lowest BCUT2D eigenvalue weighted by Crippen LogP contribution is -2.30. The molecule has 0 bridgehead atoms. The molecular weight excluding hydrogens is 310 g/mol. The Labute approximate surface area is 140 Å². The minimum Gasteiger partial charge on any atom is -0.497 e. The van der Waals surface area contributed by atoms with E-state index in [4.69, 9.17) is 18.9 Å². The van der Waals surface area contributed by atoms with Gasteiger partial charge in [-0.3, -0.25) is 4.79 Å². The van der Waals surface area contributed by atoms with Crippen molar-refractivity contribution in [3.05, 3.63) is 48.0 Å². The zero-order chi connectivity index (χ0) is 16.9. The molecule has 126 valence electrons. The Morgan fingerprint density at radius 1 is 1.08 bits per heavy atom. The summed E-state index contributed by atoms with van der Waals surface area (Å²) in [4.78, 5) is 14.0. The van der Waals surface area contributed by atoms with Crippen LogP contribution < -0.4 is 18.9 Å². The van der Waals surface area contributed by atoms with Crippen LogP contribution in [0.25, 0.3) is 0 Å². The number of ether oxygens (including phenoxy) is 4. The van der Waals surface area contributed by atoms with Crippen molar-refractivity contribution in [2.24, 2.45) is 0 Å². The standard InChI is InChI=1S/C18H19NO5/c1-19(9-10-22-15-6-4-14(21-2)5-7-15)18(20)13-3-8-16-17(11-13)24-12-23-16/h3-8,11H,9-10,12H2,1-2H3. The number of carbonyl (C=O) groups is 1. The number of nitrogens with zero attached hydrogens (tertiary/aromatic N) is 1. The maximum absolute atomic E-state index is 12.4. The fourth-order valence-corrected chi connectivity index (χ4v) is 2.32. The summed E-state index contributed by atoms with van der Waals surface area (Å²) >= 11 is 0. The van der Waals surface area contributed by atoms with E-state index < -0.39 is 0 Å². The van der Waals surface area contributed by atoms with Crippen LogP contribution in [0.3, 0.4) is 0 Å². The van der Waals surface area contributed by atoms with E-state index in [9.17, 15) is 4.79 Å². The first-order valence-electron chi connectivity index (χ1n) is 7.59. The molecular formula is C18H19NO5. The maximum Gasteiger partial charge on any atom is 0.253 e. The lowest BCUT2D eigenvalue weighted by Gasteiger charge is -2.18. The summed E-state index contributed by atoms with van der Waals surface area (Å²) in [5.74, 6) is 2.68. The molecule has 3 rings (SSSR count). The first kappa shape index (κ1) is 16.0. The minimum absolute atomic E-state index is 0.0911. The molecule has 0 N–H and O–H groups in total. The summed E-state index contributed by atoms with van der Waals surface area (Å²) in [5, 5.41) is 0. The predicted molar refractivity (Wildman–Crippen MR) is 88.0 cm³/mol. The predicted octanol–water partition coefficient (Wildman–Crippen LogP) is 2.57. The first-order chi connectivity index (χ1) is 11.7. The van der Waals surface area contributed by atoms with Gasteiger partial charge in [0.05, 0.1) is 13.7 Å². The molecule has 24 heavy (non-hydrogen) atoms. The molecule has 1 amide bonds. The van der Waals surface area contributed by atoms with Crippen LogP contribution in [0.5, 0.6) is 23.0 Å². The summed E-state index contributed by atoms with van der Waals surface area (Å²) in [6, 6.07) is 12.5. The van der Waals surface area contributed by atoms with Crippen LogP contribution in [-0.2, 0) is 0 Å². The normalized spacial score (nSPS) is 11.9. The highest BCUT2D eigenvalue weighted by atomic mass is 16.7. The van der Waals surface area contributed by atoms with Crippen LogP contribution in [-0.4, -0.2) is 44.9 Å². The van der Waals surface area contributed by atoms with E-state index >= 15 is 0 Å². The van der Waals surface area contributed by atoms with Gasteiger partial charge in [-0.1, -0.05) is 0 Å². The number of carbonyl (C=O) groups excluding carboxylic acids is 1. The van der Waals surface area contributed by atoms with E-state index in [1.807, 2.05) is 24.3 Å². The molecule has 2 aromatic carbocycles. The van der Waals surface area contributed by atoms with Crippen LogP contribution >= 0.6 is 0 Å². The second kappa shape index (κ2) is 7.12. The topological polar surface area (TPSA) is 57.2 Å². The monoisotopic (exact) mass is 329 g/mol. The fourth-order valence-electron chi connectivity index (χ4n) is 2.32. The molecule has 6 heteroatoms. The zero-order valence-electron chi connectivity index (χ0n) is 13.7. The Hall–Kier alpha value is -2.89. The molecule has 1 heterocycles. The summed E-state index contributed by atoms with van der Waals surface area (Å²) in [6.45, 7) is 1.07. The summed E-state index contributed by atoms with van der Waals surface area (Å²) in [7, 11) is 3.36. The van der Waals surface area contributed by atoms with Crippen LogP contribution in [0.2, 0.25) is 0 Å². The van der Waals surface area contributed by atoms with Crippen molar-refractivity contribution in [3.8, 4) is 23.0 Å². The first-order valence-corrected chi connectivity index (χ1v) is 7.59. The summed E-state index contributed by atoms with van der Waals surface area (Å²) in [5.41, 5.74) is 0.561. The molecule has 0 aliphatic carbocycles. The van der Waals surface area contributed by atoms with Crippen LogP contribution in [0, 0.1) is 0 Å². The number of hydrogen-bond donors (Lipinski definition) is 0. The van der Waals surface area contributed by atoms with Gasteiger partial charge in [-0.05, 0) is 42.5 Å². The van der Waals surface area contributed by atoms with E-state index in [2.05, 4.69) is 0 Å². The van der Waals surface area contributed by atoms with Gasteiger partial charge in [0, 0.05) is 12.6 Å². The van der Waals surface area contributed by atoms with Crippen molar-refractivity contribution in [2.45, 2.75) is 0 Å². The highest BCUT2D eigenvalue weighted by Crippen LogP contribution is 2.32. The van der Waals surface area contributed by atoms with E-state index in [1.165, 1.54) is 0 Å². The number of amides is 1. The van der Waals surface area contributed by atoms with Crippen LogP contribution in [0.15, 0.2) is 42.5 Å². The summed E-state index contributed by atoms with van der Waals surface area (Å²) < 4.78 is 21.3. The van der Waals surface area contributed by atoms with Crippen molar-refractivity contribution in [1.29, 1.82) is 0 Å². The van der Waals surface area contributed by atoms with Gasteiger partial charge >= 0.3 is 0 Å². The fraction of sp³-hybridized carbons (Fsp3) is 0.278. The van der Waals surface area contributed by atoms with Crippen molar-refractivity contribution in [2.75, 3.05) is 34.1 Å². The Morgan fingerprint density at radius 2 is 1.79 bits per heavy atom. The molecule has 0 radical (unpaired) electrons. The van der Waals surface area contributed by atoms with E-state index in [1.54, 1.807) is 37.3 Å². The molecule has 6 nitrogen and oxygen atoms in total. The third-order valence-corrected chi connectivity index (χ3v) is 3.72. The number of methoxy groups -OCH3 is 1. The number of benzene rings is 2. The minimum atomic E-state index is -0.0911. The van der Waals surface area contributed by atoms with Gasteiger partial charge < -0.3 is 23.8 Å². The number of likely N-dealkylation sites (N-methyl/N-ethyl adjacent to an activating group) is 1. The van der Waals surface area contributed by atoms with Gasteiger partial charge in [-0.2, -0.15) is 0 Å². The van der Waals surface area contributed by atoms with Gasteiger partial charge in [-0.25, -0.2) is 0 Å². The number of rotatable bonds is 6. The molecule has 0 fully saturated rings. The molecule has 0 aromatic heterocycles. The summed E-state index contributed by atoms with van der Waals surface area (Å²) in [6.07, 6.45) is 0. The lowest BCUT2D eigenvalue weighted by molar-refractivity contribution is 0.0773. The number of hydrogen-bond acceptors (Lipinski definition) is 5. The third kappa shape index (κ3) is 3.53. The Kier molecular flexibility index (Phi) is 4.74. The number of fused-ring (bicyclic) bond motifs is 1. The quantitative estimate of drug-likeness (QED) is 0.815. The van der Waals surface area contributed by atoms with Crippen LogP contribution in [0.4, 0.5) is 0 Å². The van der Waals surface area contributed by atoms with Gasteiger partial charge in [0.25, 0.3) is 5.91 Å². The highest BCUT2D eigenvalue weighted by molar-refractivity contribution is 5.94. The van der Waals surface area contributed by atoms with Crippen molar-refractivity contribution < 1.29 is 23.7 Å². The van der Waals surface area contributed by atoms with Crippen molar-refractivity contribution in [1.82, 2.24) is 4.90 Å². The zero-order valence-corrected chi connectivity index (χ0v) is 13.7. The highest BCUT2D eigenvalue weighted by Gasteiger charge is 2.18. The van der Waals surface area contributed by atoms with Crippen molar-refractivity contribution >= 4 is 5.91 Å². The second-order valence-electron chi connectivity index (χ2n) is 5.32. The van der Waals surface area contributed by atoms with Gasteiger partial charge in [0.15, 0.2) is 11.5 Å². The molecule has 0 atom stereocenters. The molecule has 0 spiro atoms. The SMILES string of the molecule is COc1ccc(OCCN(C)C(=O)c2ccc3c(c2)OCO3)cc1. The molecule has 0 saturated carbocycles. The Balaban J connectivity index is 1.52. The van der Waals surface area contributed by atoms with Gasteiger partial charge in [0.1, 0.15) is 18.1 Å². The third-order valence-electron chi connectivity index (χ3n) is 3.72. The smallest absolute Gasteiger partial charge is 0.253 e. The van der Waals surface area contributed by atoms with Gasteiger partial charge in [0.2, 0.25) is 6.79 Å². The lowest BCUT2D eigenvalue weighted by atomic mass is 10.2. The Bertz CT molecular complexity index is 714. The molecule has 2 aromatic rings. The van der Waals surface area contributed by atoms with Crippen LogP contribution in [0.1, 0.15) is 10.4 Å². The average Bonchev–Trinajstić information content (AvgIpc) is 3.09. The average molecular weight is 329 g/mol. The molecule has 1 aliphatic heterocycles. The van der Waals surface area contributed by atoms with Gasteiger partial charge in [-0.15, -0.1) is 0 Å². The maximum atomic E-state index is 12.4. The van der Waals surface area contributed by atoms with E-state index in [0.717, 1.165) is 11.5 Å². The second-order valence-corrected chi connectivity index (χ2v) is 5.32. The molecule has 0 saturated heterocycles. The van der Waals surface area contributed by atoms with E-state index in [0.29, 0.717) is 30.2 Å². The largest absolute Gasteiger partial charge is 0.497 e. The molecule has 1 aliphatic rings. The van der Waals surface area contributed by atoms with E-state index in [-0.39, 0.29) is 12.7 Å².